The second kappa shape index (κ2) is 8.12. The number of quaternary nitrogens is 2. The largest absolute Gasteiger partial charge is 0.449 e. The second-order valence-corrected chi connectivity index (χ2v) is 9.49. The monoisotopic (exact) mass is 392 g/mol. The first kappa shape index (κ1) is 20.0. The van der Waals surface area contributed by atoms with E-state index in [1.54, 1.807) is 11.3 Å². The van der Waals surface area contributed by atoms with Crippen molar-refractivity contribution in [2.24, 2.45) is 5.73 Å². The van der Waals surface area contributed by atoms with Crippen LogP contribution >= 0.6 is 11.3 Å². The van der Waals surface area contributed by atoms with E-state index in [1.165, 1.54) is 58.5 Å². The van der Waals surface area contributed by atoms with Gasteiger partial charge in [0.1, 0.15) is 39.3 Å². The number of hydrogen-bond acceptors (Lipinski definition) is 4. The van der Waals surface area contributed by atoms with Gasteiger partial charge in [-0.25, -0.2) is 9.78 Å². The van der Waals surface area contributed by atoms with Crippen molar-refractivity contribution < 1.29 is 18.5 Å². The lowest BCUT2D eigenvalue weighted by molar-refractivity contribution is -1.07. The number of thiazole rings is 1. The standard InChI is InChI=1S/C11H22N3O2.C9H9NS/c1-13-4-7-14(8-5-13,9-6-13)3-2-10-16-11(12)15;1-6-3-4-9-8(5-6)10-7(2)11-9/h2-10H2,1H3,(H-,12,15);3-5H,1-2H3/q+1;/p+1. The van der Waals surface area contributed by atoms with E-state index >= 15 is 0 Å². The Morgan fingerprint density at radius 1 is 1.19 bits per heavy atom. The Hall–Kier alpha value is -1.70. The van der Waals surface area contributed by atoms with E-state index < -0.39 is 6.09 Å². The first-order valence-electron chi connectivity index (χ1n) is 9.74. The maximum atomic E-state index is 10.4. The summed E-state index contributed by atoms with van der Waals surface area (Å²) in [6, 6.07) is 6.38. The lowest BCUT2D eigenvalue weighted by Crippen LogP contribution is -2.73. The van der Waals surface area contributed by atoms with Crippen molar-refractivity contribution in [2.75, 3.05) is 59.5 Å². The number of likely N-dealkylation sites (N-methyl/N-ethyl adjacent to an activating group) is 1. The SMILES string of the molecule is C[N+]12CC[N+](CCCOC(N)=O)(CC1)CC2.Cc1ccc2sc(C)nc2c1. The van der Waals surface area contributed by atoms with Crippen molar-refractivity contribution in [1.82, 2.24) is 4.98 Å². The van der Waals surface area contributed by atoms with Crippen molar-refractivity contribution in [1.29, 1.82) is 0 Å². The van der Waals surface area contributed by atoms with Crippen LogP contribution in [0.4, 0.5) is 4.79 Å². The molecular weight excluding hydrogens is 360 g/mol. The van der Waals surface area contributed by atoms with Crippen LogP contribution in [0.1, 0.15) is 17.0 Å². The number of fused-ring (bicyclic) bond motifs is 4. The van der Waals surface area contributed by atoms with Crippen molar-refractivity contribution >= 4 is 27.6 Å². The number of amides is 1. The zero-order valence-corrected chi connectivity index (χ0v) is 17.6. The lowest BCUT2D eigenvalue weighted by atomic mass is 10.1. The summed E-state index contributed by atoms with van der Waals surface area (Å²) in [5, 5.41) is 1.14. The third-order valence-corrected chi connectivity index (χ3v) is 6.97. The fraction of sp³-hybridized carbons (Fsp3) is 0.600. The summed E-state index contributed by atoms with van der Waals surface area (Å²) >= 11 is 1.75. The molecule has 2 bridgehead atoms. The molecule has 1 amide bonds. The summed E-state index contributed by atoms with van der Waals surface area (Å²) in [7, 11) is 2.36. The second-order valence-electron chi connectivity index (χ2n) is 8.25. The summed E-state index contributed by atoms with van der Waals surface area (Å²) < 4.78 is 8.56. The number of primary amides is 1. The van der Waals surface area contributed by atoms with Crippen LogP contribution in [0.15, 0.2) is 18.2 Å². The van der Waals surface area contributed by atoms with Gasteiger partial charge in [-0.3, -0.25) is 0 Å². The minimum atomic E-state index is -0.651. The average molecular weight is 393 g/mol. The predicted octanol–water partition coefficient (Wildman–Crippen LogP) is 2.68. The van der Waals surface area contributed by atoms with Gasteiger partial charge >= 0.3 is 6.09 Å². The summed E-state index contributed by atoms with van der Waals surface area (Å²) in [5.74, 6) is 0. The predicted molar refractivity (Wildman–Crippen MR) is 110 cm³/mol. The topological polar surface area (TPSA) is 65.2 Å². The number of rotatable bonds is 4. The number of nitrogens with two attached hydrogens (primary N) is 1. The summed E-state index contributed by atoms with van der Waals surface area (Å²) in [6.45, 7) is 13.5. The number of piperazine rings is 3. The van der Waals surface area contributed by atoms with Crippen LogP contribution in [-0.2, 0) is 4.74 Å². The van der Waals surface area contributed by atoms with Gasteiger partial charge in [0.2, 0.25) is 0 Å². The lowest BCUT2D eigenvalue weighted by Gasteiger charge is -2.54. The molecule has 1 aromatic carbocycles. The number of hydrogen-bond donors (Lipinski definition) is 1. The molecule has 3 aliphatic rings. The van der Waals surface area contributed by atoms with E-state index in [4.69, 9.17) is 10.5 Å². The van der Waals surface area contributed by atoms with Gasteiger partial charge in [0.15, 0.2) is 0 Å². The quantitative estimate of drug-likeness (QED) is 0.643. The van der Waals surface area contributed by atoms with E-state index in [2.05, 4.69) is 37.2 Å². The number of aromatic nitrogens is 1. The van der Waals surface area contributed by atoms with Gasteiger partial charge in [0.05, 0.1) is 35.4 Å². The molecule has 1 aromatic heterocycles. The van der Waals surface area contributed by atoms with E-state index in [0.717, 1.165) is 23.5 Å². The number of carbonyl (C=O) groups excluding carboxylic acids is 1. The number of nitrogens with zero attached hydrogens (tertiary/aromatic N) is 3. The first-order chi connectivity index (χ1) is 12.8. The highest BCUT2D eigenvalue weighted by atomic mass is 32.1. The zero-order valence-electron chi connectivity index (χ0n) is 16.7. The van der Waals surface area contributed by atoms with E-state index in [0.29, 0.717) is 6.61 Å². The molecule has 27 heavy (non-hydrogen) atoms. The summed E-state index contributed by atoms with van der Waals surface area (Å²) in [5.41, 5.74) is 7.35. The van der Waals surface area contributed by atoms with Crippen molar-refractivity contribution in [3.63, 3.8) is 0 Å². The Kier molecular flexibility index (Phi) is 6.03. The maximum Gasteiger partial charge on any atom is 0.404 e. The molecule has 3 saturated heterocycles. The molecule has 7 heteroatoms. The molecule has 3 fully saturated rings. The average Bonchev–Trinajstić information content (AvgIpc) is 3.00. The van der Waals surface area contributed by atoms with Crippen LogP contribution in [0.2, 0.25) is 0 Å². The Labute approximate surface area is 165 Å². The highest BCUT2D eigenvalue weighted by Crippen LogP contribution is 2.25. The molecule has 0 atom stereocenters. The molecule has 0 radical (unpaired) electrons. The zero-order chi connectivity index (χ0) is 19.5. The summed E-state index contributed by atoms with van der Waals surface area (Å²) in [4.78, 5) is 14.8. The summed E-state index contributed by atoms with van der Waals surface area (Å²) in [6.07, 6.45) is 0.286. The molecule has 4 heterocycles. The van der Waals surface area contributed by atoms with Gasteiger partial charge in [0.25, 0.3) is 0 Å². The maximum absolute atomic E-state index is 10.4. The molecule has 3 aliphatic heterocycles. The highest BCUT2D eigenvalue weighted by Gasteiger charge is 2.46. The fourth-order valence-corrected chi connectivity index (χ4v) is 4.90. The molecule has 0 aliphatic carbocycles. The normalized spacial score (nSPS) is 26.5. The Morgan fingerprint density at radius 3 is 2.48 bits per heavy atom. The number of ether oxygens (including phenoxy) is 1. The minimum absolute atomic E-state index is 0.474. The first-order valence-corrected chi connectivity index (χ1v) is 10.6. The van der Waals surface area contributed by atoms with Crippen LogP contribution in [0, 0.1) is 13.8 Å². The van der Waals surface area contributed by atoms with Crippen LogP contribution in [-0.4, -0.2) is 79.5 Å². The Balaban J connectivity index is 0.000000166. The molecule has 2 N–H and O–H groups in total. The van der Waals surface area contributed by atoms with Crippen LogP contribution < -0.4 is 5.73 Å². The fourth-order valence-electron chi connectivity index (χ4n) is 4.09. The molecule has 0 saturated carbocycles. The molecule has 2 aromatic rings. The molecule has 0 spiro atoms. The molecule has 148 valence electrons. The van der Waals surface area contributed by atoms with E-state index in [9.17, 15) is 4.79 Å². The van der Waals surface area contributed by atoms with Gasteiger partial charge in [-0.2, -0.15) is 0 Å². The van der Waals surface area contributed by atoms with Gasteiger partial charge in [-0.1, -0.05) is 6.07 Å². The molecule has 0 unspecified atom stereocenters. The minimum Gasteiger partial charge on any atom is -0.449 e. The smallest absolute Gasteiger partial charge is 0.404 e. The van der Waals surface area contributed by atoms with Gasteiger partial charge in [0, 0.05) is 6.42 Å². The van der Waals surface area contributed by atoms with Crippen molar-refractivity contribution in [3.05, 3.63) is 28.8 Å². The number of aryl methyl sites for hydroxylation is 2. The molecule has 5 rings (SSSR count). The Morgan fingerprint density at radius 2 is 1.85 bits per heavy atom. The van der Waals surface area contributed by atoms with Crippen LogP contribution in [0.5, 0.6) is 0 Å². The van der Waals surface area contributed by atoms with Crippen LogP contribution in [0.3, 0.4) is 0 Å². The van der Waals surface area contributed by atoms with E-state index in [1.807, 2.05) is 6.92 Å². The van der Waals surface area contributed by atoms with Gasteiger partial charge in [-0.15, -0.1) is 11.3 Å². The van der Waals surface area contributed by atoms with E-state index in [-0.39, 0.29) is 0 Å². The highest BCUT2D eigenvalue weighted by molar-refractivity contribution is 7.18. The van der Waals surface area contributed by atoms with Crippen molar-refractivity contribution in [2.45, 2.75) is 20.3 Å². The number of benzene rings is 1. The third kappa shape index (κ3) is 5.18. The van der Waals surface area contributed by atoms with Gasteiger partial charge < -0.3 is 19.4 Å². The number of carbonyl (C=O) groups is 1. The third-order valence-electron chi connectivity index (χ3n) is 6.01. The molecular formula is C20H32N4O2S+2. The molecule has 6 nitrogen and oxygen atoms in total. The van der Waals surface area contributed by atoms with Gasteiger partial charge in [-0.05, 0) is 31.5 Å². The van der Waals surface area contributed by atoms with Crippen LogP contribution in [0.25, 0.3) is 10.2 Å². The Bertz CT molecular complexity index is 780. The van der Waals surface area contributed by atoms with Crippen molar-refractivity contribution in [3.8, 4) is 0 Å².